The number of hydrogen-bond donors (Lipinski definition) is 2. The van der Waals surface area contributed by atoms with Crippen LogP contribution in [0.25, 0.3) is 0 Å². The molecule has 0 radical (unpaired) electrons. The number of rotatable bonds is 2. The topological polar surface area (TPSA) is 68.0 Å². The Kier molecular flexibility index (Phi) is 4.44. The number of pyridine rings is 1. The number of carbonyl (C=O) groups excluding carboxylic acids is 1. The Morgan fingerprint density at radius 3 is 2.74 bits per heavy atom. The number of carbonyl (C=O) groups is 1. The van der Waals surface area contributed by atoms with Crippen LogP contribution >= 0.6 is 43.5 Å². The van der Waals surface area contributed by atoms with Crippen molar-refractivity contribution in [3.8, 4) is 0 Å². The fourth-order valence-corrected chi connectivity index (χ4v) is 2.72. The van der Waals surface area contributed by atoms with Crippen molar-refractivity contribution in [2.45, 2.75) is 0 Å². The van der Waals surface area contributed by atoms with Crippen molar-refractivity contribution in [3.63, 3.8) is 0 Å². The summed E-state index contributed by atoms with van der Waals surface area (Å²) < 4.78 is 1.66. The molecule has 1 aromatic carbocycles. The average molecular weight is 405 g/mol. The maximum Gasteiger partial charge on any atom is 0.257 e. The maximum absolute atomic E-state index is 12.1. The predicted molar refractivity (Wildman–Crippen MR) is 83.5 cm³/mol. The number of aromatic nitrogens is 1. The molecule has 1 heterocycles. The Bertz CT molecular complexity index is 649. The number of nitrogens with two attached hydrogens (primary N) is 1. The third-order valence-electron chi connectivity index (χ3n) is 2.33. The largest absolute Gasteiger partial charge is 0.397 e. The van der Waals surface area contributed by atoms with Gasteiger partial charge < -0.3 is 11.1 Å². The number of anilines is 2. The minimum absolute atomic E-state index is 0.217. The smallest absolute Gasteiger partial charge is 0.257 e. The number of nitrogen functional groups attached to an aromatic ring is 1. The summed E-state index contributed by atoms with van der Waals surface area (Å²) in [6, 6.07) is 6.85. The molecule has 2 aromatic rings. The second kappa shape index (κ2) is 5.90. The van der Waals surface area contributed by atoms with Gasteiger partial charge in [-0.05, 0) is 40.2 Å². The third-order valence-corrected chi connectivity index (χ3v) is 3.68. The van der Waals surface area contributed by atoms with Crippen molar-refractivity contribution in [3.05, 3.63) is 50.1 Å². The zero-order valence-electron chi connectivity index (χ0n) is 9.45. The van der Waals surface area contributed by atoms with Crippen molar-refractivity contribution in [2.75, 3.05) is 11.1 Å². The minimum atomic E-state index is -0.343. The minimum Gasteiger partial charge on any atom is -0.397 e. The van der Waals surface area contributed by atoms with Crippen LogP contribution in [0.15, 0.2) is 39.4 Å². The first-order valence-electron chi connectivity index (χ1n) is 5.15. The molecule has 3 N–H and O–H groups in total. The molecule has 0 spiro atoms. The molecule has 0 saturated carbocycles. The summed E-state index contributed by atoms with van der Waals surface area (Å²) in [6.07, 6.45) is 1.36. The van der Waals surface area contributed by atoms with E-state index in [1.165, 1.54) is 12.3 Å². The predicted octanol–water partition coefficient (Wildman–Crippen LogP) is 4.09. The first-order valence-corrected chi connectivity index (χ1v) is 7.11. The highest BCUT2D eigenvalue weighted by Crippen LogP contribution is 2.27. The monoisotopic (exact) mass is 403 g/mol. The molecule has 19 heavy (non-hydrogen) atoms. The average Bonchev–Trinajstić information content (AvgIpc) is 2.35. The summed E-state index contributed by atoms with van der Waals surface area (Å²) in [5, 5.41) is 2.97. The molecule has 7 heteroatoms. The Morgan fingerprint density at radius 1 is 1.32 bits per heavy atom. The van der Waals surface area contributed by atoms with Gasteiger partial charge in [0.1, 0.15) is 5.15 Å². The SMILES string of the molecule is Nc1cnc(Cl)cc1C(=O)Nc1ccc(Br)cc1Br. The van der Waals surface area contributed by atoms with E-state index in [1.807, 2.05) is 12.1 Å². The fraction of sp³-hybridized carbons (Fsp3) is 0. The Morgan fingerprint density at radius 2 is 2.05 bits per heavy atom. The quantitative estimate of drug-likeness (QED) is 0.740. The van der Waals surface area contributed by atoms with Crippen LogP contribution in [-0.2, 0) is 0 Å². The van der Waals surface area contributed by atoms with Crippen LogP contribution in [0.1, 0.15) is 10.4 Å². The van der Waals surface area contributed by atoms with Crippen molar-refractivity contribution >= 4 is 60.7 Å². The second-order valence-corrected chi connectivity index (χ2v) is 5.83. The number of halogens is 3. The van der Waals surface area contributed by atoms with Gasteiger partial charge in [-0.1, -0.05) is 27.5 Å². The summed E-state index contributed by atoms with van der Waals surface area (Å²) in [4.78, 5) is 15.9. The first kappa shape index (κ1) is 14.3. The van der Waals surface area contributed by atoms with Crippen molar-refractivity contribution in [1.29, 1.82) is 0 Å². The number of nitrogens with one attached hydrogen (secondary N) is 1. The molecule has 1 amide bonds. The molecule has 4 nitrogen and oxygen atoms in total. The van der Waals surface area contributed by atoms with E-state index in [2.05, 4.69) is 42.2 Å². The van der Waals surface area contributed by atoms with E-state index in [1.54, 1.807) is 6.07 Å². The van der Waals surface area contributed by atoms with E-state index in [0.717, 1.165) is 8.95 Å². The van der Waals surface area contributed by atoms with Gasteiger partial charge in [0.15, 0.2) is 0 Å². The highest BCUT2D eigenvalue weighted by atomic mass is 79.9. The second-order valence-electron chi connectivity index (χ2n) is 3.67. The van der Waals surface area contributed by atoms with Gasteiger partial charge in [0.05, 0.1) is 23.1 Å². The van der Waals surface area contributed by atoms with Crippen molar-refractivity contribution in [2.24, 2.45) is 0 Å². The zero-order valence-corrected chi connectivity index (χ0v) is 13.4. The highest BCUT2D eigenvalue weighted by Gasteiger charge is 2.12. The van der Waals surface area contributed by atoms with Gasteiger partial charge in [0, 0.05) is 8.95 Å². The van der Waals surface area contributed by atoms with Gasteiger partial charge in [0.2, 0.25) is 0 Å². The van der Waals surface area contributed by atoms with Crippen LogP contribution in [-0.4, -0.2) is 10.9 Å². The molecule has 0 aliphatic heterocycles. The normalized spacial score (nSPS) is 10.3. The van der Waals surface area contributed by atoms with Crippen LogP contribution < -0.4 is 11.1 Å². The molecule has 0 aliphatic rings. The summed E-state index contributed by atoms with van der Waals surface area (Å²) in [5.74, 6) is -0.343. The van der Waals surface area contributed by atoms with Crippen LogP contribution in [0.5, 0.6) is 0 Å². The van der Waals surface area contributed by atoms with Gasteiger partial charge in [-0.3, -0.25) is 4.79 Å². The Balaban J connectivity index is 2.28. The molecule has 0 unspecified atom stereocenters. The van der Waals surface area contributed by atoms with Gasteiger partial charge in [-0.25, -0.2) is 4.98 Å². The summed E-state index contributed by atoms with van der Waals surface area (Å²) >= 11 is 12.5. The van der Waals surface area contributed by atoms with Crippen molar-refractivity contribution < 1.29 is 4.79 Å². The lowest BCUT2D eigenvalue weighted by Crippen LogP contribution is -2.14. The van der Waals surface area contributed by atoms with Gasteiger partial charge in [-0.2, -0.15) is 0 Å². The number of nitrogens with zero attached hydrogens (tertiary/aromatic N) is 1. The lowest BCUT2D eigenvalue weighted by Gasteiger charge is -2.09. The van der Waals surface area contributed by atoms with Crippen LogP contribution in [0.2, 0.25) is 5.15 Å². The van der Waals surface area contributed by atoms with Crippen LogP contribution in [0.3, 0.4) is 0 Å². The molecule has 2 rings (SSSR count). The van der Waals surface area contributed by atoms with Gasteiger partial charge in [-0.15, -0.1) is 0 Å². The van der Waals surface area contributed by atoms with E-state index in [0.29, 0.717) is 5.69 Å². The zero-order chi connectivity index (χ0) is 14.0. The molecule has 0 atom stereocenters. The van der Waals surface area contributed by atoms with E-state index in [-0.39, 0.29) is 22.3 Å². The van der Waals surface area contributed by atoms with E-state index in [4.69, 9.17) is 17.3 Å². The Hall–Kier alpha value is -1.11. The summed E-state index contributed by atoms with van der Waals surface area (Å²) in [6.45, 7) is 0. The van der Waals surface area contributed by atoms with Gasteiger partial charge in [0.25, 0.3) is 5.91 Å². The molecule has 0 saturated heterocycles. The van der Waals surface area contributed by atoms with Gasteiger partial charge >= 0.3 is 0 Å². The number of hydrogen-bond acceptors (Lipinski definition) is 3. The first-order chi connectivity index (χ1) is 8.97. The van der Waals surface area contributed by atoms with Crippen LogP contribution in [0, 0.1) is 0 Å². The van der Waals surface area contributed by atoms with E-state index < -0.39 is 0 Å². The molecule has 0 fully saturated rings. The summed E-state index contributed by atoms with van der Waals surface area (Å²) in [7, 11) is 0. The molecular formula is C12H8Br2ClN3O. The summed E-state index contributed by atoms with van der Waals surface area (Å²) in [5.41, 5.74) is 6.90. The molecule has 98 valence electrons. The third kappa shape index (κ3) is 3.46. The lowest BCUT2D eigenvalue weighted by molar-refractivity contribution is 0.102. The van der Waals surface area contributed by atoms with Crippen LogP contribution in [0.4, 0.5) is 11.4 Å². The molecule has 0 aliphatic carbocycles. The van der Waals surface area contributed by atoms with E-state index >= 15 is 0 Å². The molecular weight excluding hydrogens is 397 g/mol. The number of benzene rings is 1. The Labute approximate surface area is 131 Å². The highest BCUT2D eigenvalue weighted by molar-refractivity contribution is 9.11. The standard InChI is InChI=1S/C12H8Br2ClN3O/c13-6-1-2-10(8(14)3-6)18-12(19)7-4-11(15)17-5-9(7)16/h1-5H,16H2,(H,18,19). The maximum atomic E-state index is 12.1. The molecule has 1 aromatic heterocycles. The lowest BCUT2D eigenvalue weighted by atomic mass is 10.2. The molecule has 0 bridgehead atoms. The van der Waals surface area contributed by atoms with Crippen molar-refractivity contribution in [1.82, 2.24) is 4.98 Å². The fourth-order valence-electron chi connectivity index (χ4n) is 1.42. The number of amides is 1. The van der Waals surface area contributed by atoms with E-state index in [9.17, 15) is 4.79 Å².